The summed E-state index contributed by atoms with van der Waals surface area (Å²) in [5.41, 5.74) is 11.2. The van der Waals surface area contributed by atoms with E-state index in [1.165, 1.54) is 81.4 Å². The van der Waals surface area contributed by atoms with Crippen molar-refractivity contribution in [3.05, 3.63) is 237 Å². The van der Waals surface area contributed by atoms with Gasteiger partial charge in [-0.3, -0.25) is 0 Å². The Hall–Kier alpha value is -7.40. The quantitative estimate of drug-likeness (QED) is 0.123. The van der Waals surface area contributed by atoms with Gasteiger partial charge in [-0.15, -0.1) is 0 Å². The van der Waals surface area contributed by atoms with Crippen molar-refractivity contribution < 1.29 is 0 Å². The second-order valence-corrected chi connectivity index (χ2v) is 19.8. The lowest BCUT2D eigenvalue weighted by molar-refractivity contribution is 1.27. The monoisotopic (exact) mass is 778 g/mol. The minimum absolute atomic E-state index is 0.00979. The average Bonchev–Trinajstić information content (AvgIpc) is 3.33. The molecule has 0 aliphatic carbocycles. The third kappa shape index (κ3) is 5.08. The first-order chi connectivity index (χ1) is 29.8. The van der Waals surface area contributed by atoms with Crippen LogP contribution in [0.15, 0.2) is 237 Å². The molecule has 10 aromatic carbocycles. The molecule has 280 valence electrons. The SMILES string of the molecule is c1ccc(N2c3cc([Si](c4ccccc4)(c4ccccc4)c4ccccc4)cc4c3B(c3ccc5ccccc5c32)c2ccc3ccccc3c2N4c2ccccc2)cc1. The number of hydrogen-bond donors (Lipinski definition) is 0. The summed E-state index contributed by atoms with van der Waals surface area (Å²) in [5, 5.41) is 10.4. The largest absolute Gasteiger partial charge is 0.311 e. The van der Waals surface area contributed by atoms with E-state index in [1.807, 2.05) is 0 Å². The molecule has 0 spiro atoms. The fourth-order valence-corrected chi connectivity index (χ4v) is 15.3. The van der Waals surface area contributed by atoms with Crippen molar-refractivity contribution in [1.82, 2.24) is 0 Å². The van der Waals surface area contributed by atoms with Gasteiger partial charge in [-0.2, -0.15) is 0 Å². The van der Waals surface area contributed by atoms with Crippen LogP contribution >= 0.6 is 0 Å². The maximum absolute atomic E-state index is 3.01. The summed E-state index contributed by atoms with van der Waals surface area (Å²) in [6.45, 7) is -0.00979. The van der Waals surface area contributed by atoms with Gasteiger partial charge in [-0.05, 0) is 84.3 Å². The zero-order valence-electron chi connectivity index (χ0n) is 33.0. The highest BCUT2D eigenvalue weighted by Gasteiger charge is 2.48. The molecule has 2 aliphatic rings. The third-order valence-electron chi connectivity index (χ3n) is 12.9. The van der Waals surface area contributed by atoms with E-state index in [2.05, 4.69) is 246 Å². The standard InChI is InChI=1S/C56H39BN2Si/c1-6-22-42(23-7-1)58-52-38-47(60(44-26-10-3-11-27-44,45-28-12-4-13-29-45)46-30-14-5-15-31-46)39-53-54(52)57(50-36-34-40-20-16-18-32-48(40)55(50)58)51-37-35-41-21-17-19-33-49(41)56(51)59(53)43-24-8-2-9-25-43/h1-39H. The maximum Gasteiger partial charge on any atom is 0.252 e. The summed E-state index contributed by atoms with van der Waals surface area (Å²) >= 11 is 0. The molecular weight excluding hydrogens is 740 g/mol. The van der Waals surface area contributed by atoms with Gasteiger partial charge in [0, 0.05) is 44.9 Å². The van der Waals surface area contributed by atoms with E-state index in [0.717, 1.165) is 11.4 Å². The molecule has 4 heteroatoms. The van der Waals surface area contributed by atoms with Crippen molar-refractivity contribution in [2.24, 2.45) is 0 Å². The number of rotatable bonds is 6. The first kappa shape index (κ1) is 34.6. The van der Waals surface area contributed by atoms with Crippen LogP contribution in [-0.2, 0) is 0 Å². The molecule has 0 saturated carbocycles. The van der Waals surface area contributed by atoms with Crippen molar-refractivity contribution in [2.45, 2.75) is 0 Å². The third-order valence-corrected chi connectivity index (χ3v) is 17.7. The molecule has 10 aromatic rings. The van der Waals surface area contributed by atoms with Crippen molar-refractivity contribution in [3.8, 4) is 0 Å². The number of benzene rings is 10. The summed E-state index contributed by atoms with van der Waals surface area (Å²) in [6.07, 6.45) is 0. The molecule has 0 saturated heterocycles. The fourth-order valence-electron chi connectivity index (χ4n) is 10.5. The maximum atomic E-state index is 2.60. The van der Waals surface area contributed by atoms with Crippen LogP contribution in [0.25, 0.3) is 21.5 Å². The minimum Gasteiger partial charge on any atom is -0.311 e. The van der Waals surface area contributed by atoms with Gasteiger partial charge in [0.2, 0.25) is 0 Å². The molecular formula is C56H39BN2Si. The lowest BCUT2D eigenvalue weighted by atomic mass is 9.33. The van der Waals surface area contributed by atoms with Crippen molar-refractivity contribution in [2.75, 3.05) is 9.80 Å². The second-order valence-electron chi connectivity index (χ2n) is 16.0. The highest BCUT2D eigenvalue weighted by Crippen LogP contribution is 2.47. The molecule has 0 aromatic heterocycles. The number of anilines is 6. The minimum atomic E-state index is -3.01. The van der Waals surface area contributed by atoms with Crippen LogP contribution in [0.5, 0.6) is 0 Å². The fraction of sp³-hybridized carbons (Fsp3) is 0. The lowest BCUT2D eigenvalue weighted by Gasteiger charge is -2.46. The van der Waals surface area contributed by atoms with Gasteiger partial charge in [-0.25, -0.2) is 0 Å². The van der Waals surface area contributed by atoms with Crippen LogP contribution in [0.4, 0.5) is 34.1 Å². The molecule has 0 radical (unpaired) electrons. The highest BCUT2D eigenvalue weighted by atomic mass is 28.3. The Morgan fingerprint density at radius 1 is 0.317 bits per heavy atom. The zero-order chi connectivity index (χ0) is 39.6. The molecule has 0 N–H and O–H groups in total. The van der Waals surface area contributed by atoms with Crippen LogP contribution < -0.4 is 46.9 Å². The summed E-state index contributed by atoms with van der Waals surface area (Å²) in [5.74, 6) is 0. The van der Waals surface area contributed by atoms with Crippen LogP contribution in [0.2, 0.25) is 0 Å². The van der Waals surface area contributed by atoms with E-state index in [4.69, 9.17) is 0 Å². The first-order valence-electron chi connectivity index (χ1n) is 20.9. The Balaban J connectivity index is 1.31. The topological polar surface area (TPSA) is 6.48 Å². The summed E-state index contributed by atoms with van der Waals surface area (Å²) in [6, 6.07) is 88.6. The van der Waals surface area contributed by atoms with Gasteiger partial charge in [-0.1, -0.05) is 200 Å². The van der Waals surface area contributed by atoms with Crippen LogP contribution in [0, 0.1) is 0 Å². The second kappa shape index (κ2) is 13.9. The predicted octanol–water partition coefficient (Wildman–Crippen LogP) is 9.45. The van der Waals surface area contributed by atoms with Crippen LogP contribution in [-0.4, -0.2) is 14.8 Å². The van der Waals surface area contributed by atoms with Crippen LogP contribution in [0.1, 0.15) is 0 Å². The molecule has 60 heavy (non-hydrogen) atoms. The van der Waals surface area contributed by atoms with E-state index in [1.54, 1.807) is 0 Å². The number of nitrogens with zero attached hydrogens (tertiary/aromatic N) is 2. The Morgan fingerprint density at radius 2 is 0.667 bits per heavy atom. The summed E-state index contributed by atoms with van der Waals surface area (Å²) in [7, 11) is -3.01. The van der Waals surface area contributed by atoms with Crippen molar-refractivity contribution in [3.63, 3.8) is 0 Å². The highest BCUT2D eigenvalue weighted by molar-refractivity contribution is 7.20. The normalized spacial score (nSPS) is 12.9. The predicted molar refractivity (Wildman–Crippen MR) is 259 cm³/mol. The smallest absolute Gasteiger partial charge is 0.252 e. The Kier molecular flexibility index (Phi) is 8.00. The van der Waals surface area contributed by atoms with E-state index in [-0.39, 0.29) is 6.71 Å². The summed E-state index contributed by atoms with van der Waals surface area (Å²) in [4.78, 5) is 5.18. The van der Waals surface area contributed by atoms with Gasteiger partial charge in [0.05, 0.1) is 0 Å². The van der Waals surface area contributed by atoms with Crippen molar-refractivity contribution >= 4 is 108 Å². The Bertz CT molecular complexity index is 2960. The van der Waals surface area contributed by atoms with E-state index in [0.29, 0.717) is 0 Å². The van der Waals surface area contributed by atoms with Crippen molar-refractivity contribution in [1.29, 1.82) is 0 Å². The molecule has 0 atom stereocenters. The molecule has 12 rings (SSSR count). The molecule has 2 heterocycles. The Labute approximate surface area is 352 Å². The summed E-state index contributed by atoms with van der Waals surface area (Å²) < 4.78 is 0. The molecule has 0 fully saturated rings. The Morgan fingerprint density at radius 3 is 1.07 bits per heavy atom. The molecule has 2 nitrogen and oxygen atoms in total. The van der Waals surface area contributed by atoms with Gasteiger partial charge in [0.1, 0.15) is 0 Å². The number of hydrogen-bond acceptors (Lipinski definition) is 2. The number of para-hydroxylation sites is 2. The van der Waals surface area contributed by atoms with Crippen LogP contribution in [0.3, 0.4) is 0 Å². The van der Waals surface area contributed by atoms with Gasteiger partial charge >= 0.3 is 0 Å². The van der Waals surface area contributed by atoms with Gasteiger partial charge in [0.15, 0.2) is 8.07 Å². The van der Waals surface area contributed by atoms with Gasteiger partial charge < -0.3 is 9.80 Å². The molecule has 0 unspecified atom stereocenters. The molecule has 0 bridgehead atoms. The molecule has 2 aliphatic heterocycles. The zero-order valence-corrected chi connectivity index (χ0v) is 34.0. The average molecular weight is 779 g/mol. The van der Waals surface area contributed by atoms with E-state index in [9.17, 15) is 0 Å². The number of fused-ring (bicyclic) bond motifs is 8. The lowest BCUT2D eigenvalue weighted by Crippen LogP contribution is -2.75. The van der Waals surface area contributed by atoms with Gasteiger partial charge in [0.25, 0.3) is 6.71 Å². The van der Waals surface area contributed by atoms with E-state index >= 15 is 0 Å². The first-order valence-corrected chi connectivity index (χ1v) is 22.9. The molecule has 0 amide bonds. The van der Waals surface area contributed by atoms with E-state index < -0.39 is 8.07 Å².